The number of ether oxygens (including phenoxy) is 1. The molecule has 0 spiro atoms. The van der Waals surface area contributed by atoms with Gasteiger partial charge in [-0.15, -0.1) is 0 Å². The van der Waals surface area contributed by atoms with Gasteiger partial charge >= 0.3 is 0 Å². The van der Waals surface area contributed by atoms with Crippen LogP contribution in [-0.2, 0) is 0 Å². The fourth-order valence-corrected chi connectivity index (χ4v) is 1.81. The molecule has 0 unspecified atom stereocenters. The van der Waals surface area contributed by atoms with Gasteiger partial charge in [-0.25, -0.2) is 4.98 Å². The molecule has 2 aromatic rings. The first kappa shape index (κ1) is 13.3. The van der Waals surface area contributed by atoms with E-state index >= 15 is 0 Å². The Morgan fingerprint density at radius 2 is 2.00 bits per heavy atom. The van der Waals surface area contributed by atoms with E-state index in [0.29, 0.717) is 17.7 Å². The van der Waals surface area contributed by atoms with Gasteiger partial charge in [-0.3, -0.25) is 0 Å². The minimum absolute atomic E-state index is 0.409. The average molecular weight is 257 g/mol. The van der Waals surface area contributed by atoms with E-state index in [-0.39, 0.29) is 0 Å². The summed E-state index contributed by atoms with van der Waals surface area (Å²) < 4.78 is 5.87. The molecule has 0 fully saturated rings. The fourth-order valence-electron chi connectivity index (χ4n) is 1.81. The molecule has 0 saturated heterocycles. The molecule has 0 bridgehead atoms. The summed E-state index contributed by atoms with van der Waals surface area (Å²) in [6.45, 7) is 7.08. The first-order chi connectivity index (χ1) is 9.20. The van der Waals surface area contributed by atoms with Crippen molar-refractivity contribution in [3.05, 3.63) is 42.1 Å². The van der Waals surface area contributed by atoms with Crippen LogP contribution in [0, 0.1) is 0 Å². The summed E-state index contributed by atoms with van der Waals surface area (Å²) in [5.74, 6) is 2.39. The maximum atomic E-state index is 5.87. The third-order valence-electron chi connectivity index (χ3n) is 2.72. The molecule has 0 atom stereocenters. The SMILES string of the molecule is CCNc1nccc(Oc2ccccc2C(C)C)n1. The number of rotatable bonds is 5. The number of nitrogens with one attached hydrogen (secondary N) is 1. The Morgan fingerprint density at radius 1 is 1.21 bits per heavy atom. The highest BCUT2D eigenvalue weighted by Crippen LogP contribution is 2.29. The Bertz CT molecular complexity index is 540. The van der Waals surface area contributed by atoms with E-state index < -0.39 is 0 Å². The molecule has 0 aliphatic carbocycles. The van der Waals surface area contributed by atoms with Gasteiger partial charge < -0.3 is 10.1 Å². The summed E-state index contributed by atoms with van der Waals surface area (Å²) in [6, 6.07) is 9.79. The smallest absolute Gasteiger partial charge is 0.225 e. The van der Waals surface area contributed by atoms with E-state index in [4.69, 9.17) is 4.74 Å². The number of nitrogens with zero attached hydrogens (tertiary/aromatic N) is 2. The number of para-hydroxylation sites is 1. The van der Waals surface area contributed by atoms with Gasteiger partial charge in [0.2, 0.25) is 11.8 Å². The molecule has 0 saturated carbocycles. The molecule has 4 nitrogen and oxygen atoms in total. The minimum atomic E-state index is 0.409. The first-order valence-corrected chi connectivity index (χ1v) is 6.54. The number of anilines is 1. The standard InChI is InChI=1S/C15H19N3O/c1-4-16-15-17-10-9-14(18-15)19-13-8-6-5-7-12(13)11(2)3/h5-11H,4H2,1-3H3,(H,16,17,18). The Kier molecular flexibility index (Phi) is 4.34. The third kappa shape index (κ3) is 3.44. The second-order valence-electron chi connectivity index (χ2n) is 4.54. The normalized spacial score (nSPS) is 10.5. The van der Waals surface area contributed by atoms with E-state index in [1.807, 2.05) is 25.1 Å². The van der Waals surface area contributed by atoms with Gasteiger partial charge in [0.1, 0.15) is 5.75 Å². The van der Waals surface area contributed by atoms with Crippen molar-refractivity contribution in [3.8, 4) is 11.6 Å². The lowest BCUT2D eigenvalue weighted by molar-refractivity contribution is 0.454. The van der Waals surface area contributed by atoms with Gasteiger partial charge in [-0.2, -0.15) is 4.98 Å². The zero-order chi connectivity index (χ0) is 13.7. The largest absolute Gasteiger partial charge is 0.439 e. The van der Waals surface area contributed by atoms with Crippen LogP contribution in [0.25, 0.3) is 0 Å². The van der Waals surface area contributed by atoms with Crippen LogP contribution in [-0.4, -0.2) is 16.5 Å². The van der Waals surface area contributed by atoms with E-state index in [9.17, 15) is 0 Å². The van der Waals surface area contributed by atoms with Crippen molar-refractivity contribution in [2.24, 2.45) is 0 Å². The summed E-state index contributed by atoms with van der Waals surface area (Å²) in [6.07, 6.45) is 1.69. The highest BCUT2D eigenvalue weighted by atomic mass is 16.5. The fraction of sp³-hybridized carbons (Fsp3) is 0.333. The number of aromatic nitrogens is 2. The number of hydrogen-bond donors (Lipinski definition) is 1. The van der Waals surface area contributed by atoms with Crippen LogP contribution >= 0.6 is 0 Å². The molecule has 0 aliphatic rings. The number of benzene rings is 1. The van der Waals surface area contributed by atoms with Crippen molar-refractivity contribution in [1.82, 2.24) is 9.97 Å². The topological polar surface area (TPSA) is 47.0 Å². The molecule has 19 heavy (non-hydrogen) atoms. The van der Waals surface area contributed by atoms with Gasteiger partial charge in [0.15, 0.2) is 0 Å². The zero-order valence-electron chi connectivity index (χ0n) is 11.6. The van der Waals surface area contributed by atoms with Gasteiger partial charge in [0.05, 0.1) is 0 Å². The summed E-state index contributed by atoms with van der Waals surface area (Å²) >= 11 is 0. The van der Waals surface area contributed by atoms with Gasteiger partial charge in [-0.1, -0.05) is 32.0 Å². The molecular weight excluding hydrogens is 238 g/mol. The summed E-state index contributed by atoms with van der Waals surface area (Å²) in [4.78, 5) is 8.44. The predicted octanol–water partition coefficient (Wildman–Crippen LogP) is 3.82. The Hall–Kier alpha value is -2.10. The zero-order valence-corrected chi connectivity index (χ0v) is 11.6. The molecule has 100 valence electrons. The minimum Gasteiger partial charge on any atom is -0.439 e. The van der Waals surface area contributed by atoms with Crippen molar-refractivity contribution in [1.29, 1.82) is 0 Å². The Morgan fingerprint density at radius 3 is 2.74 bits per heavy atom. The maximum Gasteiger partial charge on any atom is 0.225 e. The monoisotopic (exact) mass is 257 g/mol. The van der Waals surface area contributed by atoms with E-state index in [1.54, 1.807) is 12.3 Å². The quantitative estimate of drug-likeness (QED) is 0.884. The number of hydrogen-bond acceptors (Lipinski definition) is 4. The van der Waals surface area contributed by atoms with Crippen LogP contribution in [0.2, 0.25) is 0 Å². The van der Waals surface area contributed by atoms with E-state index in [0.717, 1.165) is 12.3 Å². The predicted molar refractivity (Wildman–Crippen MR) is 76.8 cm³/mol. The molecule has 0 amide bonds. The van der Waals surface area contributed by atoms with Crippen LogP contribution in [0.3, 0.4) is 0 Å². The summed E-state index contributed by atoms with van der Waals surface area (Å²) in [5, 5.41) is 3.07. The lowest BCUT2D eigenvalue weighted by Gasteiger charge is -2.13. The molecule has 0 aliphatic heterocycles. The third-order valence-corrected chi connectivity index (χ3v) is 2.72. The Labute approximate surface area is 113 Å². The molecule has 1 aromatic carbocycles. The van der Waals surface area contributed by atoms with E-state index in [2.05, 4.69) is 35.2 Å². The highest BCUT2D eigenvalue weighted by Gasteiger charge is 2.08. The molecule has 1 N–H and O–H groups in total. The molecule has 1 aromatic heterocycles. The molecule has 0 radical (unpaired) electrons. The van der Waals surface area contributed by atoms with Crippen LogP contribution in [0.1, 0.15) is 32.3 Å². The lowest BCUT2D eigenvalue weighted by Crippen LogP contribution is -2.02. The van der Waals surface area contributed by atoms with Crippen molar-refractivity contribution in [2.75, 3.05) is 11.9 Å². The molecular formula is C15H19N3O. The van der Waals surface area contributed by atoms with Crippen molar-refractivity contribution in [3.63, 3.8) is 0 Å². The average Bonchev–Trinajstić information content (AvgIpc) is 2.40. The van der Waals surface area contributed by atoms with Crippen LogP contribution < -0.4 is 10.1 Å². The van der Waals surface area contributed by atoms with Crippen molar-refractivity contribution in [2.45, 2.75) is 26.7 Å². The maximum absolute atomic E-state index is 5.87. The summed E-state index contributed by atoms with van der Waals surface area (Å²) in [7, 11) is 0. The summed E-state index contributed by atoms with van der Waals surface area (Å²) in [5.41, 5.74) is 1.17. The van der Waals surface area contributed by atoms with Gasteiger partial charge in [0, 0.05) is 18.8 Å². The Balaban J connectivity index is 2.23. The van der Waals surface area contributed by atoms with Crippen molar-refractivity contribution >= 4 is 5.95 Å². The van der Waals surface area contributed by atoms with Gasteiger partial charge in [-0.05, 0) is 24.5 Å². The first-order valence-electron chi connectivity index (χ1n) is 6.54. The van der Waals surface area contributed by atoms with Crippen LogP contribution in [0.4, 0.5) is 5.95 Å². The molecule has 1 heterocycles. The highest BCUT2D eigenvalue weighted by molar-refractivity contribution is 5.38. The van der Waals surface area contributed by atoms with Gasteiger partial charge in [0.25, 0.3) is 0 Å². The van der Waals surface area contributed by atoms with Crippen molar-refractivity contribution < 1.29 is 4.74 Å². The molecule has 2 rings (SSSR count). The van der Waals surface area contributed by atoms with E-state index in [1.165, 1.54) is 5.56 Å². The second kappa shape index (κ2) is 6.18. The molecule has 4 heteroatoms. The lowest BCUT2D eigenvalue weighted by atomic mass is 10.0. The second-order valence-corrected chi connectivity index (χ2v) is 4.54. The van der Waals surface area contributed by atoms with Crippen LogP contribution in [0.5, 0.6) is 11.6 Å². The van der Waals surface area contributed by atoms with Crippen LogP contribution in [0.15, 0.2) is 36.5 Å².